The molecule has 0 atom stereocenters. The van der Waals surface area contributed by atoms with E-state index >= 15 is 0 Å². The Hall–Kier alpha value is -2.56. The number of hydrogen-bond donors (Lipinski definition) is 2. The fraction of sp³-hybridized carbons (Fsp3) is 0.250. The molecule has 0 bridgehead atoms. The van der Waals surface area contributed by atoms with Crippen molar-refractivity contribution in [1.29, 1.82) is 0 Å². The number of oxazole rings is 1. The highest BCUT2D eigenvalue weighted by molar-refractivity contribution is 5.93. The van der Waals surface area contributed by atoms with Gasteiger partial charge in [-0.15, -0.1) is 0 Å². The van der Waals surface area contributed by atoms with Crippen LogP contribution in [-0.4, -0.2) is 9.97 Å². The highest BCUT2D eigenvalue weighted by atomic mass is 16.4. The molecule has 0 aliphatic rings. The Bertz CT molecular complexity index is 779. The van der Waals surface area contributed by atoms with E-state index in [2.05, 4.69) is 15.3 Å². The molecule has 0 aliphatic heterocycles. The first-order valence-electron chi connectivity index (χ1n) is 7.00. The molecule has 3 N–H and O–H groups in total. The quantitative estimate of drug-likeness (QED) is 0.718. The van der Waals surface area contributed by atoms with Crippen LogP contribution in [0.2, 0.25) is 0 Å². The van der Waals surface area contributed by atoms with Crippen LogP contribution in [0.15, 0.2) is 34.9 Å². The number of anilines is 2. The Morgan fingerprint density at radius 1 is 1.29 bits per heavy atom. The number of fused-ring (bicyclic) bond motifs is 1. The fourth-order valence-electron chi connectivity index (χ4n) is 2.29. The van der Waals surface area contributed by atoms with Gasteiger partial charge in [-0.2, -0.15) is 0 Å². The summed E-state index contributed by atoms with van der Waals surface area (Å²) in [6.45, 7) is 4.55. The molecule has 2 heterocycles. The van der Waals surface area contributed by atoms with Crippen LogP contribution in [0.1, 0.15) is 24.3 Å². The number of hydrogen-bond acceptors (Lipinski definition) is 5. The van der Waals surface area contributed by atoms with Crippen molar-refractivity contribution in [3.63, 3.8) is 0 Å². The number of aryl methyl sites for hydroxylation is 2. The van der Waals surface area contributed by atoms with E-state index in [-0.39, 0.29) is 0 Å². The Labute approximate surface area is 123 Å². The van der Waals surface area contributed by atoms with E-state index in [1.807, 2.05) is 38.1 Å². The summed E-state index contributed by atoms with van der Waals surface area (Å²) < 4.78 is 5.61. The number of aromatic nitrogens is 2. The smallest absolute Gasteiger partial charge is 0.213 e. The first kappa shape index (κ1) is 13.4. The first-order valence-corrected chi connectivity index (χ1v) is 7.00. The second kappa shape index (κ2) is 5.44. The fourth-order valence-corrected chi connectivity index (χ4v) is 2.29. The minimum absolute atomic E-state index is 0.535. The van der Waals surface area contributed by atoms with Crippen LogP contribution >= 0.6 is 0 Å². The number of nitrogens with zero attached hydrogens (tertiary/aromatic N) is 2. The van der Waals surface area contributed by atoms with Gasteiger partial charge >= 0.3 is 0 Å². The van der Waals surface area contributed by atoms with Crippen molar-refractivity contribution in [3.8, 4) is 0 Å². The number of benzene rings is 1. The van der Waals surface area contributed by atoms with E-state index in [0.29, 0.717) is 12.4 Å². The molecule has 2 aromatic heterocycles. The minimum Gasteiger partial charge on any atom is -0.444 e. The Morgan fingerprint density at radius 2 is 2.14 bits per heavy atom. The van der Waals surface area contributed by atoms with E-state index < -0.39 is 0 Å². The van der Waals surface area contributed by atoms with Gasteiger partial charge in [0.2, 0.25) is 5.89 Å². The Morgan fingerprint density at radius 3 is 2.90 bits per heavy atom. The second-order valence-corrected chi connectivity index (χ2v) is 5.02. The van der Waals surface area contributed by atoms with Gasteiger partial charge in [0.15, 0.2) is 0 Å². The summed E-state index contributed by atoms with van der Waals surface area (Å²) in [6.07, 6.45) is 2.62. The third kappa shape index (κ3) is 2.81. The summed E-state index contributed by atoms with van der Waals surface area (Å²) in [5, 5.41) is 4.36. The lowest BCUT2D eigenvalue weighted by atomic mass is 10.1. The van der Waals surface area contributed by atoms with Crippen molar-refractivity contribution < 1.29 is 4.42 Å². The lowest BCUT2D eigenvalue weighted by Crippen LogP contribution is -2.02. The van der Waals surface area contributed by atoms with Crippen LogP contribution in [0.3, 0.4) is 0 Å². The zero-order valence-corrected chi connectivity index (χ0v) is 12.2. The van der Waals surface area contributed by atoms with Crippen LogP contribution in [0.5, 0.6) is 0 Å². The molecule has 1 aromatic carbocycles. The molecule has 0 radical (unpaired) electrons. The zero-order valence-electron chi connectivity index (χ0n) is 12.2. The molecule has 3 aromatic rings. The number of rotatable bonds is 4. The van der Waals surface area contributed by atoms with Crippen LogP contribution < -0.4 is 11.1 Å². The van der Waals surface area contributed by atoms with Crippen LogP contribution in [0.25, 0.3) is 10.9 Å². The van der Waals surface area contributed by atoms with Crippen molar-refractivity contribution in [3.05, 3.63) is 47.8 Å². The molecular formula is C16H18N4O. The van der Waals surface area contributed by atoms with Crippen molar-refractivity contribution in [2.75, 3.05) is 11.1 Å². The van der Waals surface area contributed by atoms with Crippen LogP contribution in [0.4, 0.5) is 11.4 Å². The second-order valence-electron chi connectivity index (χ2n) is 5.02. The van der Waals surface area contributed by atoms with E-state index in [0.717, 1.165) is 40.2 Å². The molecule has 0 fully saturated rings. The number of nitrogen functional groups attached to an aromatic ring is 1. The predicted octanol–water partition coefficient (Wildman–Crippen LogP) is 3.29. The summed E-state index contributed by atoms with van der Waals surface area (Å²) >= 11 is 0. The van der Waals surface area contributed by atoms with E-state index in [1.165, 1.54) is 0 Å². The SMILES string of the molecule is CCc1cnc(CNc2cc(C)nc3ccc(N)cc23)o1. The molecule has 0 saturated heterocycles. The van der Waals surface area contributed by atoms with Crippen molar-refractivity contribution in [1.82, 2.24) is 9.97 Å². The maximum Gasteiger partial charge on any atom is 0.213 e. The topological polar surface area (TPSA) is 77.0 Å². The molecule has 0 amide bonds. The summed E-state index contributed by atoms with van der Waals surface area (Å²) in [5.41, 5.74) is 9.46. The van der Waals surface area contributed by atoms with E-state index in [4.69, 9.17) is 10.2 Å². The van der Waals surface area contributed by atoms with Crippen molar-refractivity contribution >= 4 is 22.3 Å². The molecular weight excluding hydrogens is 264 g/mol. The molecule has 108 valence electrons. The largest absolute Gasteiger partial charge is 0.444 e. The molecule has 5 heteroatoms. The monoisotopic (exact) mass is 282 g/mol. The van der Waals surface area contributed by atoms with Gasteiger partial charge in [0, 0.05) is 28.9 Å². The summed E-state index contributed by atoms with van der Waals surface area (Å²) in [7, 11) is 0. The molecule has 0 saturated carbocycles. The number of nitrogens with two attached hydrogens (primary N) is 1. The average molecular weight is 282 g/mol. The van der Waals surface area contributed by atoms with Crippen molar-refractivity contribution in [2.45, 2.75) is 26.8 Å². The third-order valence-electron chi connectivity index (χ3n) is 3.34. The molecule has 0 aliphatic carbocycles. The predicted molar refractivity (Wildman–Crippen MR) is 84.1 cm³/mol. The average Bonchev–Trinajstić information content (AvgIpc) is 2.93. The van der Waals surface area contributed by atoms with Gasteiger partial charge in [-0.1, -0.05) is 6.92 Å². The standard InChI is InChI=1S/C16H18N4O/c1-3-12-8-19-16(21-12)9-18-15-6-10(2)20-14-5-4-11(17)7-13(14)15/h4-8H,3,9,17H2,1-2H3,(H,18,20). The Balaban J connectivity index is 1.90. The van der Waals surface area contributed by atoms with Gasteiger partial charge in [-0.3, -0.25) is 4.98 Å². The van der Waals surface area contributed by atoms with Gasteiger partial charge in [0.25, 0.3) is 0 Å². The lowest BCUT2D eigenvalue weighted by Gasteiger charge is -2.10. The first-order chi connectivity index (χ1) is 10.2. The van der Waals surface area contributed by atoms with E-state index in [9.17, 15) is 0 Å². The van der Waals surface area contributed by atoms with Gasteiger partial charge in [0.05, 0.1) is 18.3 Å². The molecule has 21 heavy (non-hydrogen) atoms. The van der Waals surface area contributed by atoms with Gasteiger partial charge in [-0.05, 0) is 31.2 Å². The summed E-state index contributed by atoms with van der Waals surface area (Å²) in [5.74, 6) is 1.57. The third-order valence-corrected chi connectivity index (χ3v) is 3.34. The summed E-state index contributed by atoms with van der Waals surface area (Å²) in [4.78, 5) is 8.77. The van der Waals surface area contributed by atoms with Crippen LogP contribution in [0, 0.1) is 6.92 Å². The molecule has 3 rings (SSSR count). The van der Waals surface area contributed by atoms with Gasteiger partial charge < -0.3 is 15.5 Å². The number of nitrogens with one attached hydrogen (secondary N) is 1. The highest BCUT2D eigenvalue weighted by Gasteiger charge is 2.07. The molecule has 0 spiro atoms. The van der Waals surface area contributed by atoms with Gasteiger partial charge in [-0.25, -0.2) is 4.98 Å². The zero-order chi connectivity index (χ0) is 14.8. The summed E-state index contributed by atoms with van der Waals surface area (Å²) in [6, 6.07) is 7.73. The van der Waals surface area contributed by atoms with Crippen LogP contribution in [-0.2, 0) is 13.0 Å². The molecule has 5 nitrogen and oxygen atoms in total. The maximum atomic E-state index is 5.87. The number of pyridine rings is 1. The molecule has 0 unspecified atom stereocenters. The minimum atomic E-state index is 0.535. The van der Waals surface area contributed by atoms with Crippen molar-refractivity contribution in [2.24, 2.45) is 0 Å². The normalized spacial score (nSPS) is 11.0. The van der Waals surface area contributed by atoms with Gasteiger partial charge in [0.1, 0.15) is 5.76 Å². The van der Waals surface area contributed by atoms with E-state index in [1.54, 1.807) is 6.20 Å². The maximum absolute atomic E-state index is 5.87. The highest BCUT2D eigenvalue weighted by Crippen LogP contribution is 2.25. The Kier molecular flexibility index (Phi) is 3.48. The lowest BCUT2D eigenvalue weighted by molar-refractivity contribution is 0.466.